The van der Waals surface area contributed by atoms with Gasteiger partial charge in [-0.1, -0.05) is 44.9 Å². The fourth-order valence-corrected chi connectivity index (χ4v) is 4.06. The van der Waals surface area contributed by atoms with E-state index in [0.717, 1.165) is 12.2 Å². The second-order valence-electron chi connectivity index (χ2n) is 7.11. The van der Waals surface area contributed by atoms with Gasteiger partial charge in [-0.2, -0.15) is 0 Å². The number of benzene rings is 2. The van der Waals surface area contributed by atoms with E-state index in [2.05, 4.69) is 49.1 Å². The van der Waals surface area contributed by atoms with Crippen LogP contribution in [-0.4, -0.2) is 31.1 Å². The fraction of sp³-hybridized carbons (Fsp3) is 0.545. The number of unbranched alkanes of at least 4 members (excludes halogenated alkanes) is 2. The van der Waals surface area contributed by atoms with Crippen LogP contribution in [0.5, 0.6) is 5.75 Å². The van der Waals surface area contributed by atoms with Crippen molar-refractivity contribution in [3.05, 3.63) is 41.5 Å². The summed E-state index contributed by atoms with van der Waals surface area (Å²) in [5.41, 5.74) is 2.98. The van der Waals surface area contributed by atoms with E-state index in [1.54, 1.807) is 7.11 Å². The van der Waals surface area contributed by atoms with Crippen LogP contribution in [0.3, 0.4) is 0 Å². The van der Waals surface area contributed by atoms with E-state index < -0.39 is 0 Å². The smallest absolute Gasteiger partial charge is 0.119 e. The Bertz CT molecular complexity index is 671. The lowest BCUT2D eigenvalue weighted by atomic mass is 9.84. The summed E-state index contributed by atoms with van der Waals surface area (Å²) in [6, 6.07) is 11.8. The summed E-state index contributed by atoms with van der Waals surface area (Å²) in [5, 5.41) is 2.80. The predicted molar refractivity (Wildman–Crippen MR) is 103 cm³/mol. The third kappa shape index (κ3) is 3.59. The summed E-state index contributed by atoms with van der Waals surface area (Å²) in [6.45, 7) is 7.05. The molecule has 0 N–H and O–H groups in total. The Morgan fingerprint density at radius 1 is 1.00 bits per heavy atom. The first-order valence-electron chi connectivity index (χ1n) is 9.59. The lowest BCUT2D eigenvalue weighted by Crippen LogP contribution is -2.41. The number of methoxy groups -OCH3 is 1. The Kier molecular flexibility index (Phi) is 5.78. The largest absolute Gasteiger partial charge is 0.497 e. The van der Waals surface area contributed by atoms with Crippen molar-refractivity contribution in [3.63, 3.8) is 0 Å². The minimum Gasteiger partial charge on any atom is -0.497 e. The molecule has 0 spiro atoms. The molecule has 0 aliphatic heterocycles. The molecule has 1 atom stereocenters. The second-order valence-corrected chi connectivity index (χ2v) is 7.11. The summed E-state index contributed by atoms with van der Waals surface area (Å²) in [7, 11) is 1.77. The lowest BCUT2D eigenvalue weighted by molar-refractivity contribution is 0.185. The van der Waals surface area contributed by atoms with E-state index in [4.69, 9.17) is 4.74 Å². The van der Waals surface area contributed by atoms with E-state index in [-0.39, 0.29) is 0 Å². The van der Waals surface area contributed by atoms with Crippen LogP contribution in [0, 0.1) is 0 Å². The molecule has 2 aromatic rings. The number of hydrogen-bond acceptors (Lipinski definition) is 2. The van der Waals surface area contributed by atoms with E-state index in [9.17, 15) is 0 Å². The molecule has 24 heavy (non-hydrogen) atoms. The average molecular weight is 325 g/mol. The number of rotatable bonds is 8. The van der Waals surface area contributed by atoms with Crippen LogP contribution in [0.25, 0.3) is 10.8 Å². The molecule has 0 amide bonds. The standard InChI is InChI=1S/C22H31NO/c1-4-6-11-23(12-7-5-2)20-13-17-9-8-10-18-15-21(24-3)16-19(14-20)22(17)18/h8-10,15-16,20H,4-7,11-14H2,1-3H3. The summed E-state index contributed by atoms with van der Waals surface area (Å²) in [6.07, 6.45) is 7.48. The number of hydrogen-bond donors (Lipinski definition) is 0. The van der Waals surface area contributed by atoms with Crippen molar-refractivity contribution in [2.75, 3.05) is 20.2 Å². The molecule has 2 nitrogen and oxygen atoms in total. The van der Waals surface area contributed by atoms with Gasteiger partial charge in [0.25, 0.3) is 0 Å². The van der Waals surface area contributed by atoms with Gasteiger partial charge in [-0.05, 0) is 72.8 Å². The van der Waals surface area contributed by atoms with Gasteiger partial charge in [-0.3, -0.25) is 4.90 Å². The zero-order valence-electron chi connectivity index (χ0n) is 15.5. The monoisotopic (exact) mass is 325 g/mol. The van der Waals surface area contributed by atoms with Gasteiger partial charge in [0.05, 0.1) is 7.11 Å². The van der Waals surface area contributed by atoms with Crippen molar-refractivity contribution in [1.29, 1.82) is 0 Å². The molecule has 0 radical (unpaired) electrons. The molecule has 1 aliphatic carbocycles. The molecule has 1 unspecified atom stereocenters. The van der Waals surface area contributed by atoms with Crippen molar-refractivity contribution in [1.82, 2.24) is 4.90 Å². The maximum atomic E-state index is 5.54. The van der Waals surface area contributed by atoms with E-state index in [0.29, 0.717) is 6.04 Å². The average Bonchev–Trinajstić information content (AvgIpc) is 2.61. The molecule has 0 bridgehead atoms. The minimum atomic E-state index is 0.633. The summed E-state index contributed by atoms with van der Waals surface area (Å²) < 4.78 is 5.54. The number of ether oxygens (including phenoxy) is 1. The van der Waals surface area contributed by atoms with Gasteiger partial charge in [0.15, 0.2) is 0 Å². The van der Waals surface area contributed by atoms with Crippen LogP contribution < -0.4 is 4.74 Å². The van der Waals surface area contributed by atoms with Gasteiger partial charge in [0.2, 0.25) is 0 Å². The Hall–Kier alpha value is -1.54. The first kappa shape index (κ1) is 17.3. The third-order valence-electron chi connectivity index (χ3n) is 5.38. The molecule has 0 aromatic heterocycles. The van der Waals surface area contributed by atoms with Gasteiger partial charge in [0, 0.05) is 6.04 Å². The lowest BCUT2D eigenvalue weighted by Gasteiger charge is -2.35. The normalized spacial score (nSPS) is 16.8. The summed E-state index contributed by atoms with van der Waals surface area (Å²) >= 11 is 0. The molecular formula is C22H31NO. The van der Waals surface area contributed by atoms with Crippen molar-refractivity contribution in [2.45, 2.75) is 58.4 Å². The molecule has 2 aromatic carbocycles. The van der Waals surface area contributed by atoms with Gasteiger partial charge in [0.1, 0.15) is 5.75 Å². The summed E-state index contributed by atoms with van der Waals surface area (Å²) in [5.74, 6) is 0.990. The van der Waals surface area contributed by atoms with Crippen LogP contribution in [0.2, 0.25) is 0 Å². The van der Waals surface area contributed by atoms with E-state index in [1.807, 2.05) is 0 Å². The molecule has 1 aliphatic rings. The van der Waals surface area contributed by atoms with Crippen molar-refractivity contribution in [3.8, 4) is 5.75 Å². The van der Waals surface area contributed by atoms with Gasteiger partial charge >= 0.3 is 0 Å². The third-order valence-corrected chi connectivity index (χ3v) is 5.38. The predicted octanol–water partition coefficient (Wildman–Crippen LogP) is 5.22. The highest BCUT2D eigenvalue weighted by Gasteiger charge is 2.25. The molecule has 130 valence electrons. The SMILES string of the molecule is CCCCN(CCCC)C1Cc2cccc3cc(OC)cc(c23)C1. The quantitative estimate of drug-likeness (QED) is 0.660. The zero-order valence-corrected chi connectivity index (χ0v) is 15.5. The highest BCUT2D eigenvalue weighted by Crippen LogP contribution is 2.34. The minimum absolute atomic E-state index is 0.633. The molecule has 3 rings (SSSR count). The Labute approximate surface area is 146 Å². The number of nitrogens with zero attached hydrogens (tertiary/aromatic N) is 1. The van der Waals surface area contributed by atoms with Crippen LogP contribution in [-0.2, 0) is 12.8 Å². The molecule has 0 saturated carbocycles. The molecule has 0 fully saturated rings. The zero-order chi connectivity index (χ0) is 16.9. The summed E-state index contributed by atoms with van der Waals surface area (Å²) in [4.78, 5) is 2.74. The molecular weight excluding hydrogens is 294 g/mol. The fourth-order valence-electron chi connectivity index (χ4n) is 4.06. The first-order valence-corrected chi connectivity index (χ1v) is 9.59. The van der Waals surface area contributed by atoms with Crippen LogP contribution >= 0.6 is 0 Å². The van der Waals surface area contributed by atoms with Crippen molar-refractivity contribution in [2.24, 2.45) is 0 Å². The van der Waals surface area contributed by atoms with Gasteiger partial charge in [-0.15, -0.1) is 0 Å². The van der Waals surface area contributed by atoms with E-state index in [1.165, 1.54) is 67.1 Å². The first-order chi connectivity index (χ1) is 11.8. The highest BCUT2D eigenvalue weighted by atomic mass is 16.5. The maximum absolute atomic E-state index is 5.54. The van der Waals surface area contributed by atoms with Gasteiger partial charge < -0.3 is 4.74 Å². The Morgan fingerprint density at radius 2 is 1.71 bits per heavy atom. The van der Waals surface area contributed by atoms with Crippen molar-refractivity contribution < 1.29 is 4.74 Å². The molecule has 2 heteroatoms. The van der Waals surface area contributed by atoms with Crippen LogP contribution in [0.15, 0.2) is 30.3 Å². The molecule has 0 saturated heterocycles. The van der Waals surface area contributed by atoms with Gasteiger partial charge in [-0.25, -0.2) is 0 Å². The maximum Gasteiger partial charge on any atom is 0.119 e. The van der Waals surface area contributed by atoms with Crippen LogP contribution in [0.4, 0.5) is 0 Å². The van der Waals surface area contributed by atoms with Crippen molar-refractivity contribution >= 4 is 10.8 Å². The van der Waals surface area contributed by atoms with E-state index >= 15 is 0 Å². The topological polar surface area (TPSA) is 12.5 Å². The Morgan fingerprint density at radius 3 is 2.38 bits per heavy atom. The highest BCUT2D eigenvalue weighted by molar-refractivity contribution is 5.91. The Balaban J connectivity index is 1.90. The second kappa shape index (κ2) is 8.02. The van der Waals surface area contributed by atoms with Crippen LogP contribution in [0.1, 0.15) is 50.7 Å². The molecule has 0 heterocycles.